The summed E-state index contributed by atoms with van der Waals surface area (Å²) in [6.45, 7) is 5.92. The van der Waals surface area contributed by atoms with Crippen LogP contribution in [0.1, 0.15) is 35.4 Å². The molecule has 3 heterocycles. The highest BCUT2D eigenvalue weighted by Gasteiger charge is 2.22. The summed E-state index contributed by atoms with van der Waals surface area (Å²) >= 11 is 0. The van der Waals surface area contributed by atoms with Crippen LogP contribution in [0.5, 0.6) is 11.6 Å². The molecule has 2 aromatic heterocycles. The Labute approximate surface area is 217 Å². The monoisotopic (exact) mass is 518 g/mol. The molecule has 0 bridgehead atoms. The third-order valence-electron chi connectivity index (χ3n) is 6.57. The van der Waals surface area contributed by atoms with Gasteiger partial charge in [-0.1, -0.05) is 36.4 Å². The third kappa shape index (κ3) is 5.50. The highest BCUT2D eigenvalue weighted by Crippen LogP contribution is 2.36. The molecule has 0 radical (unpaired) electrons. The minimum absolute atomic E-state index is 0.0230. The number of rotatable bonds is 7. The van der Waals surface area contributed by atoms with E-state index in [1.165, 1.54) is 17.1 Å². The molecule has 0 aliphatic carbocycles. The quantitative estimate of drug-likeness (QED) is 0.369. The predicted octanol–water partition coefficient (Wildman–Crippen LogP) is 4.55. The molecule has 1 saturated heterocycles. The molecule has 0 spiro atoms. The summed E-state index contributed by atoms with van der Waals surface area (Å²) in [4.78, 5) is 9.06. The van der Waals surface area contributed by atoms with E-state index in [4.69, 9.17) is 4.74 Å². The fourth-order valence-corrected chi connectivity index (χ4v) is 5.67. The summed E-state index contributed by atoms with van der Waals surface area (Å²) < 4.78 is 36.4. The van der Waals surface area contributed by atoms with Crippen molar-refractivity contribution in [1.29, 1.82) is 0 Å². The molecule has 2 aromatic carbocycles. The molecule has 10 heteroatoms. The summed E-state index contributed by atoms with van der Waals surface area (Å²) in [7, 11) is -2.29. The van der Waals surface area contributed by atoms with Crippen LogP contribution < -0.4 is 14.8 Å². The van der Waals surface area contributed by atoms with Crippen LogP contribution in [0.3, 0.4) is 0 Å². The van der Waals surface area contributed by atoms with E-state index < -0.39 is 10.0 Å². The first-order chi connectivity index (χ1) is 17.8. The molecule has 0 amide bonds. The van der Waals surface area contributed by atoms with Crippen molar-refractivity contribution in [3.8, 4) is 22.9 Å². The first-order valence-electron chi connectivity index (χ1n) is 12.2. The van der Waals surface area contributed by atoms with E-state index in [1.54, 1.807) is 13.1 Å². The Morgan fingerprint density at radius 3 is 2.46 bits per heavy atom. The lowest BCUT2D eigenvalue weighted by molar-refractivity contribution is 0.422. The standard InChI is InChI=1S/C27H30N6O3S/c1-18-7-6-8-19(2)26(18)23-15-25(31-27(30-23)32-37(34,35)21-16-29-33(3)17-21)36-24-10-5-4-9-22(24)20-11-13-28-14-12-20/h4-10,15-17,20,28H,11-14H2,1-3H3,(H,30,31,32). The molecule has 0 atom stereocenters. The summed E-state index contributed by atoms with van der Waals surface area (Å²) in [6, 6.07) is 15.7. The van der Waals surface area contributed by atoms with Crippen LogP contribution in [0, 0.1) is 13.8 Å². The van der Waals surface area contributed by atoms with Gasteiger partial charge in [0.1, 0.15) is 10.6 Å². The first-order valence-corrected chi connectivity index (χ1v) is 13.7. The molecule has 4 aromatic rings. The highest BCUT2D eigenvalue weighted by atomic mass is 32.2. The van der Waals surface area contributed by atoms with E-state index in [-0.39, 0.29) is 16.7 Å². The Morgan fingerprint density at radius 2 is 1.76 bits per heavy atom. The van der Waals surface area contributed by atoms with E-state index >= 15 is 0 Å². The summed E-state index contributed by atoms with van der Waals surface area (Å²) in [6.07, 6.45) is 4.75. The summed E-state index contributed by atoms with van der Waals surface area (Å²) in [5.74, 6) is 1.28. The van der Waals surface area contributed by atoms with Crippen molar-refractivity contribution in [1.82, 2.24) is 25.1 Å². The second-order valence-corrected chi connectivity index (χ2v) is 11.0. The van der Waals surface area contributed by atoms with E-state index in [0.717, 1.165) is 48.2 Å². The lowest BCUT2D eigenvalue weighted by atomic mass is 9.89. The molecule has 0 unspecified atom stereocenters. The highest BCUT2D eigenvalue weighted by molar-refractivity contribution is 7.92. The largest absolute Gasteiger partial charge is 0.439 e. The van der Waals surface area contributed by atoms with Gasteiger partial charge in [0.2, 0.25) is 11.8 Å². The maximum Gasteiger partial charge on any atom is 0.267 e. The van der Waals surface area contributed by atoms with Gasteiger partial charge in [0.15, 0.2) is 0 Å². The van der Waals surface area contributed by atoms with Crippen molar-refractivity contribution in [2.24, 2.45) is 7.05 Å². The SMILES string of the molecule is Cc1cccc(C)c1-c1cc(Oc2ccccc2C2CCNCC2)nc(NS(=O)(=O)c2cnn(C)c2)n1. The normalized spacial score (nSPS) is 14.5. The minimum atomic E-state index is -3.95. The number of nitrogens with one attached hydrogen (secondary N) is 2. The van der Waals surface area contributed by atoms with Crippen molar-refractivity contribution in [2.75, 3.05) is 17.8 Å². The number of hydrogen-bond donors (Lipinski definition) is 2. The Morgan fingerprint density at radius 1 is 1.03 bits per heavy atom. The van der Waals surface area contributed by atoms with Gasteiger partial charge in [-0.25, -0.2) is 18.1 Å². The number of aryl methyl sites for hydroxylation is 3. The molecule has 1 aliphatic heterocycles. The number of anilines is 1. The van der Waals surface area contributed by atoms with Crippen LogP contribution in [-0.2, 0) is 17.1 Å². The average molecular weight is 519 g/mol. The van der Waals surface area contributed by atoms with Crippen LogP contribution in [0.2, 0.25) is 0 Å². The van der Waals surface area contributed by atoms with Crippen molar-refractivity contribution in [3.05, 3.63) is 77.6 Å². The summed E-state index contributed by atoms with van der Waals surface area (Å²) in [5.41, 5.74) is 4.63. The van der Waals surface area contributed by atoms with E-state index in [0.29, 0.717) is 17.4 Å². The van der Waals surface area contributed by atoms with Gasteiger partial charge in [-0.2, -0.15) is 10.1 Å². The fraction of sp³-hybridized carbons (Fsp3) is 0.296. The zero-order chi connectivity index (χ0) is 26.0. The zero-order valence-electron chi connectivity index (χ0n) is 21.1. The number of piperidine rings is 1. The van der Waals surface area contributed by atoms with Gasteiger partial charge >= 0.3 is 0 Å². The molecular formula is C27H30N6O3S. The van der Waals surface area contributed by atoms with E-state index in [2.05, 4.69) is 31.2 Å². The Bertz CT molecular complexity index is 1510. The van der Waals surface area contributed by atoms with Crippen molar-refractivity contribution in [3.63, 3.8) is 0 Å². The van der Waals surface area contributed by atoms with Gasteiger partial charge in [0.05, 0.1) is 11.9 Å². The smallest absolute Gasteiger partial charge is 0.267 e. The molecule has 2 N–H and O–H groups in total. The number of ether oxygens (including phenoxy) is 1. The van der Waals surface area contributed by atoms with Crippen LogP contribution in [0.25, 0.3) is 11.3 Å². The van der Waals surface area contributed by atoms with Gasteiger partial charge in [-0.05, 0) is 68.5 Å². The van der Waals surface area contributed by atoms with Crippen molar-refractivity contribution in [2.45, 2.75) is 37.5 Å². The Hall–Kier alpha value is -3.76. The molecule has 0 saturated carbocycles. The maximum absolute atomic E-state index is 13.0. The second kappa shape index (κ2) is 10.3. The van der Waals surface area contributed by atoms with E-state index in [9.17, 15) is 8.42 Å². The average Bonchev–Trinajstić information content (AvgIpc) is 3.32. The zero-order valence-corrected chi connectivity index (χ0v) is 21.9. The summed E-state index contributed by atoms with van der Waals surface area (Å²) in [5, 5.41) is 7.37. The lowest BCUT2D eigenvalue weighted by Crippen LogP contribution is -2.26. The Kier molecular flexibility index (Phi) is 6.94. The van der Waals surface area contributed by atoms with Gasteiger partial charge < -0.3 is 10.1 Å². The molecular weight excluding hydrogens is 488 g/mol. The lowest BCUT2D eigenvalue weighted by Gasteiger charge is -2.24. The minimum Gasteiger partial charge on any atom is -0.439 e. The van der Waals surface area contributed by atoms with E-state index in [1.807, 2.05) is 50.2 Å². The third-order valence-corrected chi connectivity index (χ3v) is 7.85. The fourth-order valence-electron chi connectivity index (χ4n) is 4.74. The second-order valence-electron chi connectivity index (χ2n) is 9.30. The predicted molar refractivity (Wildman–Crippen MR) is 142 cm³/mol. The number of para-hydroxylation sites is 1. The van der Waals surface area contributed by atoms with Crippen LogP contribution in [0.4, 0.5) is 5.95 Å². The van der Waals surface area contributed by atoms with Crippen molar-refractivity contribution < 1.29 is 13.2 Å². The molecule has 37 heavy (non-hydrogen) atoms. The van der Waals surface area contributed by atoms with Crippen LogP contribution in [0.15, 0.2) is 65.8 Å². The molecule has 1 fully saturated rings. The topological polar surface area (TPSA) is 111 Å². The van der Waals surface area contributed by atoms with Gasteiger partial charge in [-0.15, -0.1) is 0 Å². The van der Waals surface area contributed by atoms with Crippen LogP contribution >= 0.6 is 0 Å². The number of sulfonamides is 1. The Balaban J connectivity index is 1.57. The van der Waals surface area contributed by atoms with Crippen LogP contribution in [-0.4, -0.2) is 41.3 Å². The number of hydrogen-bond acceptors (Lipinski definition) is 7. The molecule has 192 valence electrons. The maximum atomic E-state index is 13.0. The molecule has 1 aliphatic rings. The van der Waals surface area contributed by atoms with Crippen molar-refractivity contribution >= 4 is 16.0 Å². The number of aromatic nitrogens is 4. The van der Waals surface area contributed by atoms with Gasteiger partial charge in [0, 0.05) is 24.9 Å². The number of nitrogens with zero attached hydrogens (tertiary/aromatic N) is 4. The van der Waals surface area contributed by atoms with Gasteiger partial charge in [0.25, 0.3) is 10.0 Å². The first kappa shape index (κ1) is 24.9. The molecule has 9 nitrogen and oxygen atoms in total. The molecule has 5 rings (SSSR count). The van der Waals surface area contributed by atoms with Gasteiger partial charge in [-0.3, -0.25) is 4.68 Å². The number of benzene rings is 2.